The molecule has 0 bridgehead atoms. The maximum Gasteiger partial charge on any atom is 0.0178 e. The monoisotopic (exact) mass is 350 g/mol. The Hall–Kier alpha value is -0.600. The van der Waals surface area contributed by atoms with Crippen molar-refractivity contribution < 1.29 is 0 Å². The van der Waals surface area contributed by atoms with E-state index in [1.54, 1.807) is 0 Å². The zero-order valence-electron chi connectivity index (χ0n) is 9.24. The van der Waals surface area contributed by atoms with Crippen molar-refractivity contribution in [2.24, 2.45) is 0 Å². The van der Waals surface area contributed by atoms with E-state index in [9.17, 15) is 0 Å². The second-order valence-corrected chi connectivity index (χ2v) is 6.39. The molecule has 1 aliphatic rings. The Balaban J connectivity index is 1.83. The summed E-state index contributed by atoms with van der Waals surface area (Å²) in [5.74, 6) is 1.39. The normalized spacial score (nSPS) is 22.5. The number of rotatable bonds is 2. The molecule has 2 aromatic rings. The predicted octanol–water partition coefficient (Wildman–Crippen LogP) is 5.48. The van der Waals surface area contributed by atoms with E-state index < -0.39 is 0 Å². The fourth-order valence-electron chi connectivity index (χ4n) is 2.41. The van der Waals surface area contributed by atoms with Crippen LogP contribution in [-0.2, 0) is 0 Å². The van der Waals surface area contributed by atoms with E-state index in [1.807, 2.05) is 0 Å². The fraction of sp³-hybridized carbons (Fsp3) is 0.200. The Morgan fingerprint density at radius 2 is 1.24 bits per heavy atom. The van der Waals surface area contributed by atoms with Gasteiger partial charge in [-0.2, -0.15) is 0 Å². The SMILES string of the molecule is Brc1cccc(C2CC2c2cccc(Br)c2)c1. The molecule has 0 radical (unpaired) electrons. The molecule has 2 unspecified atom stereocenters. The summed E-state index contributed by atoms with van der Waals surface area (Å²) in [5, 5.41) is 0. The maximum atomic E-state index is 3.54. The molecule has 0 aromatic heterocycles. The van der Waals surface area contributed by atoms with Crippen molar-refractivity contribution >= 4 is 31.9 Å². The minimum absolute atomic E-state index is 0.696. The molecule has 1 saturated carbocycles. The molecule has 3 rings (SSSR count). The van der Waals surface area contributed by atoms with E-state index in [0.29, 0.717) is 11.8 Å². The summed E-state index contributed by atoms with van der Waals surface area (Å²) in [4.78, 5) is 0. The summed E-state index contributed by atoms with van der Waals surface area (Å²) in [6.45, 7) is 0. The Morgan fingerprint density at radius 1 is 0.765 bits per heavy atom. The lowest BCUT2D eigenvalue weighted by Gasteiger charge is -2.02. The molecule has 0 amide bonds. The highest BCUT2D eigenvalue weighted by molar-refractivity contribution is 9.10. The van der Waals surface area contributed by atoms with E-state index >= 15 is 0 Å². The van der Waals surface area contributed by atoms with Gasteiger partial charge in [0, 0.05) is 8.95 Å². The third-order valence-corrected chi connectivity index (χ3v) is 4.33. The average Bonchev–Trinajstić information content (AvgIpc) is 3.09. The van der Waals surface area contributed by atoms with Gasteiger partial charge >= 0.3 is 0 Å². The maximum absolute atomic E-state index is 3.54. The molecule has 17 heavy (non-hydrogen) atoms. The van der Waals surface area contributed by atoms with Gasteiger partial charge in [-0.3, -0.25) is 0 Å². The topological polar surface area (TPSA) is 0 Å². The molecule has 0 spiro atoms. The third-order valence-electron chi connectivity index (χ3n) is 3.34. The van der Waals surface area contributed by atoms with Crippen LogP contribution in [0.25, 0.3) is 0 Å². The Kier molecular flexibility index (Phi) is 3.10. The number of hydrogen-bond donors (Lipinski definition) is 0. The van der Waals surface area contributed by atoms with Crippen LogP contribution in [0.15, 0.2) is 57.5 Å². The zero-order chi connectivity index (χ0) is 11.8. The zero-order valence-corrected chi connectivity index (χ0v) is 12.4. The highest BCUT2D eigenvalue weighted by Crippen LogP contribution is 2.55. The second-order valence-electron chi connectivity index (χ2n) is 4.56. The predicted molar refractivity (Wildman–Crippen MR) is 78.4 cm³/mol. The van der Waals surface area contributed by atoms with Crippen molar-refractivity contribution in [3.63, 3.8) is 0 Å². The first-order valence-corrected chi connectivity index (χ1v) is 7.33. The number of halogens is 2. The summed E-state index contributed by atoms with van der Waals surface area (Å²) in [6.07, 6.45) is 1.27. The van der Waals surface area contributed by atoms with Gasteiger partial charge in [0.15, 0.2) is 0 Å². The molecule has 2 atom stereocenters. The summed E-state index contributed by atoms with van der Waals surface area (Å²) in [7, 11) is 0. The number of hydrogen-bond acceptors (Lipinski definition) is 0. The fourth-order valence-corrected chi connectivity index (χ4v) is 3.24. The first kappa shape index (κ1) is 11.5. The van der Waals surface area contributed by atoms with Crippen LogP contribution in [0.3, 0.4) is 0 Å². The van der Waals surface area contributed by atoms with Crippen molar-refractivity contribution in [3.05, 3.63) is 68.6 Å². The van der Waals surface area contributed by atoms with Crippen LogP contribution in [0, 0.1) is 0 Å². The minimum atomic E-state index is 0.696. The van der Waals surface area contributed by atoms with Crippen LogP contribution in [0.4, 0.5) is 0 Å². The Labute approximate surface area is 118 Å². The van der Waals surface area contributed by atoms with Crippen molar-refractivity contribution in [3.8, 4) is 0 Å². The molecule has 1 fully saturated rings. The van der Waals surface area contributed by atoms with Crippen LogP contribution in [0.5, 0.6) is 0 Å². The molecule has 0 aliphatic heterocycles. The molecule has 0 nitrogen and oxygen atoms in total. The minimum Gasteiger partial charge on any atom is -0.0609 e. The standard InChI is InChI=1S/C15H12Br2/c16-12-5-1-3-10(7-12)14-9-15(14)11-4-2-6-13(17)8-11/h1-8,14-15H,9H2. The summed E-state index contributed by atoms with van der Waals surface area (Å²) in [5.41, 5.74) is 2.90. The molecule has 86 valence electrons. The van der Waals surface area contributed by atoms with Crippen molar-refractivity contribution in [1.82, 2.24) is 0 Å². The average molecular weight is 352 g/mol. The smallest absolute Gasteiger partial charge is 0.0178 e. The molecule has 0 heterocycles. The Morgan fingerprint density at radius 3 is 1.65 bits per heavy atom. The van der Waals surface area contributed by atoms with Gasteiger partial charge in [0.2, 0.25) is 0 Å². The lowest BCUT2D eigenvalue weighted by molar-refractivity contribution is 1.02. The van der Waals surface area contributed by atoms with E-state index in [1.165, 1.54) is 26.5 Å². The van der Waals surface area contributed by atoms with E-state index in [4.69, 9.17) is 0 Å². The molecule has 2 heteroatoms. The largest absolute Gasteiger partial charge is 0.0609 e. The summed E-state index contributed by atoms with van der Waals surface area (Å²) in [6, 6.07) is 17.3. The highest BCUT2D eigenvalue weighted by atomic mass is 79.9. The molecule has 2 aromatic carbocycles. The van der Waals surface area contributed by atoms with Crippen molar-refractivity contribution in [2.75, 3.05) is 0 Å². The molecule has 1 aliphatic carbocycles. The van der Waals surface area contributed by atoms with Gasteiger partial charge in [-0.05, 0) is 53.6 Å². The van der Waals surface area contributed by atoms with E-state index in [0.717, 1.165) is 0 Å². The highest BCUT2D eigenvalue weighted by Gasteiger charge is 2.39. The van der Waals surface area contributed by atoms with Gasteiger partial charge in [-0.1, -0.05) is 56.1 Å². The van der Waals surface area contributed by atoms with Gasteiger partial charge < -0.3 is 0 Å². The first-order chi connectivity index (χ1) is 8.24. The van der Waals surface area contributed by atoms with Crippen LogP contribution in [0.1, 0.15) is 29.4 Å². The quantitative estimate of drug-likeness (QED) is 0.671. The Bertz CT molecular complexity index is 499. The van der Waals surface area contributed by atoms with Crippen LogP contribution in [-0.4, -0.2) is 0 Å². The van der Waals surface area contributed by atoms with E-state index in [2.05, 4.69) is 80.4 Å². The number of benzene rings is 2. The van der Waals surface area contributed by atoms with Crippen LogP contribution in [0.2, 0.25) is 0 Å². The van der Waals surface area contributed by atoms with Gasteiger partial charge in [-0.25, -0.2) is 0 Å². The van der Waals surface area contributed by atoms with Crippen molar-refractivity contribution in [2.45, 2.75) is 18.3 Å². The van der Waals surface area contributed by atoms with Crippen molar-refractivity contribution in [1.29, 1.82) is 0 Å². The van der Waals surface area contributed by atoms with Gasteiger partial charge in [0.05, 0.1) is 0 Å². The molecule has 0 N–H and O–H groups in total. The molecular weight excluding hydrogens is 340 g/mol. The molecular formula is C15H12Br2. The second kappa shape index (κ2) is 4.58. The summed E-state index contributed by atoms with van der Waals surface area (Å²) >= 11 is 7.08. The van der Waals surface area contributed by atoms with E-state index in [-0.39, 0.29) is 0 Å². The van der Waals surface area contributed by atoms with Gasteiger partial charge in [0.25, 0.3) is 0 Å². The van der Waals surface area contributed by atoms with Crippen LogP contribution >= 0.6 is 31.9 Å². The van der Waals surface area contributed by atoms with Crippen LogP contribution < -0.4 is 0 Å². The first-order valence-electron chi connectivity index (χ1n) is 5.75. The molecule has 0 saturated heterocycles. The third kappa shape index (κ3) is 2.48. The summed E-state index contributed by atoms with van der Waals surface area (Å²) < 4.78 is 2.35. The lowest BCUT2D eigenvalue weighted by Crippen LogP contribution is -1.84. The lowest BCUT2D eigenvalue weighted by atomic mass is 10.0. The van der Waals surface area contributed by atoms with Gasteiger partial charge in [0.1, 0.15) is 0 Å². The van der Waals surface area contributed by atoms with Gasteiger partial charge in [-0.15, -0.1) is 0 Å².